The molecule has 3 rings (SSSR count). The zero-order valence-corrected chi connectivity index (χ0v) is 11.2. The molecule has 0 aromatic carbocycles. The van der Waals surface area contributed by atoms with Crippen LogP contribution in [0.2, 0.25) is 0 Å². The normalized spacial score (nSPS) is 14.7. The van der Waals surface area contributed by atoms with Crippen molar-refractivity contribution in [3.8, 4) is 0 Å². The van der Waals surface area contributed by atoms with Gasteiger partial charge >= 0.3 is 6.03 Å². The Bertz CT molecular complexity index is 563. The van der Waals surface area contributed by atoms with Crippen LogP contribution in [0.5, 0.6) is 0 Å². The van der Waals surface area contributed by atoms with Crippen LogP contribution in [0, 0.1) is 0 Å². The molecular formula is C13H17N5O2. The monoisotopic (exact) mass is 275 g/mol. The van der Waals surface area contributed by atoms with Crippen LogP contribution in [-0.4, -0.2) is 38.8 Å². The van der Waals surface area contributed by atoms with Crippen LogP contribution in [0.15, 0.2) is 29.4 Å². The lowest BCUT2D eigenvalue weighted by molar-refractivity contribution is 0.195. The maximum absolute atomic E-state index is 12.1. The Morgan fingerprint density at radius 3 is 3.30 bits per heavy atom. The SMILES string of the molecule is O=C(NCCn1cncn1)N1CCCc2occc2C1. The third-order valence-electron chi connectivity index (χ3n) is 3.40. The van der Waals surface area contributed by atoms with E-state index in [-0.39, 0.29) is 6.03 Å². The van der Waals surface area contributed by atoms with Crippen LogP contribution in [-0.2, 0) is 19.5 Å². The van der Waals surface area contributed by atoms with Crippen LogP contribution in [0.1, 0.15) is 17.7 Å². The van der Waals surface area contributed by atoms with Gasteiger partial charge in [-0.05, 0) is 12.5 Å². The number of hydrogen-bond acceptors (Lipinski definition) is 4. The molecule has 106 valence electrons. The van der Waals surface area contributed by atoms with Crippen LogP contribution in [0.25, 0.3) is 0 Å². The third kappa shape index (κ3) is 2.81. The second kappa shape index (κ2) is 5.77. The van der Waals surface area contributed by atoms with E-state index in [2.05, 4.69) is 15.4 Å². The van der Waals surface area contributed by atoms with Gasteiger partial charge in [-0.3, -0.25) is 4.68 Å². The zero-order valence-electron chi connectivity index (χ0n) is 11.2. The summed E-state index contributed by atoms with van der Waals surface area (Å²) in [5.41, 5.74) is 1.11. The number of nitrogens with zero attached hydrogens (tertiary/aromatic N) is 4. The molecule has 0 saturated heterocycles. The maximum Gasteiger partial charge on any atom is 0.317 e. The molecule has 0 radical (unpaired) electrons. The summed E-state index contributed by atoms with van der Waals surface area (Å²) >= 11 is 0. The quantitative estimate of drug-likeness (QED) is 0.907. The number of hydrogen-bond donors (Lipinski definition) is 1. The summed E-state index contributed by atoms with van der Waals surface area (Å²) in [5.74, 6) is 1.00. The lowest BCUT2D eigenvalue weighted by atomic mass is 10.2. The number of aryl methyl sites for hydroxylation is 1. The Kier molecular flexibility index (Phi) is 3.67. The summed E-state index contributed by atoms with van der Waals surface area (Å²) in [6, 6.07) is 1.90. The molecular weight excluding hydrogens is 258 g/mol. The summed E-state index contributed by atoms with van der Waals surface area (Å²) in [6.45, 7) is 2.52. The fourth-order valence-electron chi connectivity index (χ4n) is 2.35. The van der Waals surface area contributed by atoms with Crippen molar-refractivity contribution in [3.63, 3.8) is 0 Å². The van der Waals surface area contributed by atoms with Crippen molar-refractivity contribution in [2.24, 2.45) is 0 Å². The predicted molar refractivity (Wildman–Crippen MR) is 70.9 cm³/mol. The van der Waals surface area contributed by atoms with Gasteiger partial charge < -0.3 is 14.6 Å². The van der Waals surface area contributed by atoms with Gasteiger partial charge in [0.2, 0.25) is 0 Å². The molecule has 0 fully saturated rings. The molecule has 0 atom stereocenters. The van der Waals surface area contributed by atoms with E-state index in [9.17, 15) is 4.79 Å². The Hall–Kier alpha value is -2.31. The molecule has 0 aliphatic carbocycles. The molecule has 3 heterocycles. The van der Waals surface area contributed by atoms with E-state index in [1.807, 2.05) is 11.0 Å². The maximum atomic E-state index is 12.1. The molecule has 2 amide bonds. The first-order chi connectivity index (χ1) is 9.83. The van der Waals surface area contributed by atoms with Crippen molar-refractivity contribution in [1.82, 2.24) is 25.0 Å². The highest BCUT2D eigenvalue weighted by Crippen LogP contribution is 2.19. The molecule has 2 aromatic rings. The fourth-order valence-corrected chi connectivity index (χ4v) is 2.35. The topological polar surface area (TPSA) is 76.2 Å². The highest BCUT2D eigenvalue weighted by molar-refractivity contribution is 5.74. The minimum absolute atomic E-state index is 0.0424. The van der Waals surface area contributed by atoms with Gasteiger partial charge in [-0.25, -0.2) is 9.78 Å². The third-order valence-corrected chi connectivity index (χ3v) is 3.40. The number of carbonyl (C=O) groups excluding carboxylic acids is 1. The highest BCUT2D eigenvalue weighted by atomic mass is 16.3. The van der Waals surface area contributed by atoms with Crippen LogP contribution >= 0.6 is 0 Å². The number of furan rings is 1. The molecule has 0 bridgehead atoms. The molecule has 2 aromatic heterocycles. The highest BCUT2D eigenvalue weighted by Gasteiger charge is 2.20. The standard InChI is InChI=1S/C13H17N5O2/c19-13(15-4-6-18-10-14-9-16-18)17-5-1-2-12-11(8-17)3-7-20-12/h3,7,9-10H,1-2,4-6,8H2,(H,15,19). The van der Waals surface area contributed by atoms with Gasteiger partial charge in [0.15, 0.2) is 0 Å². The summed E-state index contributed by atoms with van der Waals surface area (Å²) in [7, 11) is 0. The molecule has 0 saturated carbocycles. The molecule has 1 aliphatic rings. The van der Waals surface area contributed by atoms with Crippen LogP contribution in [0.4, 0.5) is 4.79 Å². The average molecular weight is 275 g/mol. The number of urea groups is 1. The first-order valence-corrected chi connectivity index (χ1v) is 6.73. The van der Waals surface area contributed by atoms with E-state index >= 15 is 0 Å². The van der Waals surface area contributed by atoms with Crippen LogP contribution < -0.4 is 5.32 Å². The second-order valence-electron chi connectivity index (χ2n) is 4.78. The van der Waals surface area contributed by atoms with Gasteiger partial charge in [0.25, 0.3) is 0 Å². The lowest BCUT2D eigenvalue weighted by Gasteiger charge is -2.20. The first kappa shape index (κ1) is 12.7. The molecule has 1 aliphatic heterocycles. The van der Waals surface area contributed by atoms with Crippen molar-refractivity contribution >= 4 is 6.03 Å². The van der Waals surface area contributed by atoms with E-state index in [1.165, 1.54) is 6.33 Å². The lowest BCUT2D eigenvalue weighted by Crippen LogP contribution is -2.40. The van der Waals surface area contributed by atoms with E-state index < -0.39 is 0 Å². The minimum atomic E-state index is -0.0424. The van der Waals surface area contributed by atoms with Gasteiger partial charge in [-0.1, -0.05) is 0 Å². The molecule has 0 spiro atoms. The summed E-state index contributed by atoms with van der Waals surface area (Å²) in [6.07, 6.45) is 6.63. The van der Waals surface area contributed by atoms with Crippen molar-refractivity contribution in [1.29, 1.82) is 0 Å². The molecule has 7 nitrogen and oxygen atoms in total. The van der Waals surface area contributed by atoms with Gasteiger partial charge in [0, 0.05) is 25.1 Å². The smallest absolute Gasteiger partial charge is 0.317 e. The number of fused-ring (bicyclic) bond motifs is 1. The first-order valence-electron chi connectivity index (χ1n) is 6.73. The number of rotatable bonds is 3. The van der Waals surface area contributed by atoms with Crippen molar-refractivity contribution in [3.05, 3.63) is 36.3 Å². The Balaban J connectivity index is 1.52. The zero-order chi connectivity index (χ0) is 13.8. The van der Waals surface area contributed by atoms with Crippen LogP contribution in [0.3, 0.4) is 0 Å². The van der Waals surface area contributed by atoms with E-state index in [1.54, 1.807) is 17.3 Å². The minimum Gasteiger partial charge on any atom is -0.469 e. The predicted octanol–water partition coefficient (Wildman–Crippen LogP) is 1.03. The van der Waals surface area contributed by atoms with Gasteiger partial charge in [-0.15, -0.1) is 0 Å². The van der Waals surface area contributed by atoms with Crippen molar-refractivity contribution in [2.75, 3.05) is 13.1 Å². The van der Waals surface area contributed by atoms with E-state index in [0.717, 1.165) is 30.7 Å². The van der Waals surface area contributed by atoms with E-state index in [0.29, 0.717) is 19.6 Å². The Morgan fingerprint density at radius 1 is 1.50 bits per heavy atom. The number of nitrogens with one attached hydrogen (secondary N) is 1. The van der Waals surface area contributed by atoms with Gasteiger partial charge in [0.05, 0.1) is 19.4 Å². The van der Waals surface area contributed by atoms with Crippen molar-refractivity contribution in [2.45, 2.75) is 25.9 Å². The van der Waals surface area contributed by atoms with Gasteiger partial charge in [0.1, 0.15) is 18.4 Å². The molecule has 20 heavy (non-hydrogen) atoms. The van der Waals surface area contributed by atoms with Gasteiger partial charge in [-0.2, -0.15) is 5.10 Å². The number of amides is 2. The summed E-state index contributed by atoms with van der Waals surface area (Å²) in [4.78, 5) is 17.8. The Morgan fingerprint density at radius 2 is 2.45 bits per heavy atom. The largest absolute Gasteiger partial charge is 0.469 e. The number of carbonyl (C=O) groups is 1. The average Bonchev–Trinajstić information content (AvgIpc) is 3.07. The summed E-state index contributed by atoms with van der Waals surface area (Å²) in [5, 5.41) is 6.90. The number of aromatic nitrogens is 3. The molecule has 0 unspecified atom stereocenters. The second-order valence-corrected chi connectivity index (χ2v) is 4.78. The van der Waals surface area contributed by atoms with Crippen molar-refractivity contribution < 1.29 is 9.21 Å². The Labute approximate surface area is 116 Å². The van der Waals surface area contributed by atoms with E-state index in [4.69, 9.17) is 4.42 Å². The molecule has 1 N–H and O–H groups in total. The summed E-state index contributed by atoms with van der Waals surface area (Å²) < 4.78 is 7.11. The molecule has 7 heteroatoms. The fraction of sp³-hybridized carbons (Fsp3) is 0.462.